The third-order valence-corrected chi connectivity index (χ3v) is 3.68. The van der Waals surface area contributed by atoms with Crippen LogP contribution in [0.15, 0.2) is 54.6 Å². The molecule has 3 rings (SSSR count). The first-order chi connectivity index (χ1) is 10.1. The molecule has 104 valence electrons. The van der Waals surface area contributed by atoms with Crippen LogP contribution in [0, 0.1) is 5.82 Å². The number of hydrogen-bond donors (Lipinski definition) is 1. The highest BCUT2D eigenvalue weighted by molar-refractivity contribution is 6.33. The lowest BCUT2D eigenvalue weighted by molar-refractivity contribution is 0.0697. The van der Waals surface area contributed by atoms with Crippen molar-refractivity contribution in [3.63, 3.8) is 0 Å². The molecule has 0 aliphatic rings. The molecule has 0 aromatic heterocycles. The van der Waals surface area contributed by atoms with Gasteiger partial charge in [0.2, 0.25) is 0 Å². The highest BCUT2D eigenvalue weighted by Gasteiger charge is 2.11. The van der Waals surface area contributed by atoms with E-state index in [1.807, 2.05) is 12.1 Å². The van der Waals surface area contributed by atoms with Gasteiger partial charge in [-0.3, -0.25) is 0 Å². The van der Waals surface area contributed by atoms with Crippen LogP contribution < -0.4 is 0 Å². The van der Waals surface area contributed by atoms with Gasteiger partial charge in [-0.15, -0.1) is 0 Å². The number of hydrogen-bond acceptors (Lipinski definition) is 1. The summed E-state index contributed by atoms with van der Waals surface area (Å²) in [5.74, 6) is -1.39. The highest BCUT2D eigenvalue weighted by atomic mass is 35.5. The van der Waals surface area contributed by atoms with Crippen LogP contribution in [0.4, 0.5) is 4.39 Å². The van der Waals surface area contributed by atoms with Gasteiger partial charge in [0.05, 0.1) is 5.56 Å². The molecule has 0 saturated heterocycles. The minimum atomic E-state index is -1.00. The van der Waals surface area contributed by atoms with Crippen molar-refractivity contribution in [3.05, 3.63) is 71.0 Å². The van der Waals surface area contributed by atoms with Gasteiger partial charge in [-0.25, -0.2) is 9.18 Å². The number of aromatic carboxylic acids is 1. The van der Waals surface area contributed by atoms with Crippen molar-refractivity contribution in [1.82, 2.24) is 0 Å². The van der Waals surface area contributed by atoms with Crippen molar-refractivity contribution in [2.75, 3.05) is 0 Å². The van der Waals surface area contributed by atoms with E-state index in [1.54, 1.807) is 24.3 Å². The summed E-state index contributed by atoms with van der Waals surface area (Å²) in [4.78, 5) is 11.1. The van der Waals surface area contributed by atoms with Crippen LogP contribution in [-0.4, -0.2) is 11.1 Å². The molecule has 0 amide bonds. The highest BCUT2D eigenvalue weighted by Crippen LogP contribution is 2.34. The van der Waals surface area contributed by atoms with Crippen LogP contribution >= 0.6 is 11.6 Å². The van der Waals surface area contributed by atoms with E-state index in [0.29, 0.717) is 16.1 Å². The number of rotatable bonds is 2. The van der Waals surface area contributed by atoms with Crippen LogP contribution in [0.25, 0.3) is 21.9 Å². The van der Waals surface area contributed by atoms with Gasteiger partial charge >= 0.3 is 5.97 Å². The van der Waals surface area contributed by atoms with E-state index in [9.17, 15) is 9.18 Å². The van der Waals surface area contributed by atoms with Crippen molar-refractivity contribution in [2.45, 2.75) is 0 Å². The molecule has 3 aromatic rings. The Bertz CT molecular complexity index is 859. The Hall–Kier alpha value is -2.39. The zero-order chi connectivity index (χ0) is 15.0. The second-order valence-corrected chi connectivity index (χ2v) is 5.08. The van der Waals surface area contributed by atoms with Crippen LogP contribution in [0.1, 0.15) is 10.4 Å². The number of halogens is 2. The number of fused-ring (bicyclic) bond motifs is 1. The van der Waals surface area contributed by atoms with Gasteiger partial charge in [-0.05, 0) is 46.7 Å². The molecule has 0 unspecified atom stereocenters. The molecule has 0 heterocycles. The number of carboxylic acid groups (broad SMARTS) is 1. The molecule has 0 aliphatic heterocycles. The van der Waals surface area contributed by atoms with Gasteiger partial charge in [0.15, 0.2) is 0 Å². The first-order valence-corrected chi connectivity index (χ1v) is 6.65. The van der Waals surface area contributed by atoms with Crippen molar-refractivity contribution in [1.29, 1.82) is 0 Å². The fourth-order valence-electron chi connectivity index (χ4n) is 2.34. The summed E-state index contributed by atoms with van der Waals surface area (Å²) >= 11 is 6.15. The van der Waals surface area contributed by atoms with E-state index >= 15 is 0 Å². The fraction of sp³-hybridized carbons (Fsp3) is 0. The van der Waals surface area contributed by atoms with Crippen molar-refractivity contribution < 1.29 is 14.3 Å². The molecule has 0 radical (unpaired) electrons. The third-order valence-electron chi connectivity index (χ3n) is 3.35. The minimum Gasteiger partial charge on any atom is -0.478 e. The lowest BCUT2D eigenvalue weighted by atomic mass is 9.96. The number of carboxylic acids is 1. The average molecular weight is 301 g/mol. The number of benzene rings is 3. The van der Waals surface area contributed by atoms with Gasteiger partial charge in [0, 0.05) is 10.6 Å². The third kappa shape index (κ3) is 2.48. The molecule has 0 bridgehead atoms. The Morgan fingerprint density at radius 2 is 1.81 bits per heavy atom. The largest absolute Gasteiger partial charge is 0.478 e. The van der Waals surface area contributed by atoms with Gasteiger partial charge in [-0.1, -0.05) is 35.9 Å². The molecule has 21 heavy (non-hydrogen) atoms. The lowest BCUT2D eigenvalue weighted by Crippen LogP contribution is -1.96. The normalized spacial score (nSPS) is 10.8. The van der Waals surface area contributed by atoms with Gasteiger partial charge < -0.3 is 5.11 Å². The topological polar surface area (TPSA) is 37.3 Å². The van der Waals surface area contributed by atoms with Gasteiger partial charge in [0.25, 0.3) is 0 Å². The zero-order valence-electron chi connectivity index (χ0n) is 10.8. The van der Waals surface area contributed by atoms with Gasteiger partial charge in [0.1, 0.15) is 5.82 Å². The van der Waals surface area contributed by atoms with Crippen LogP contribution in [0.3, 0.4) is 0 Å². The molecule has 2 nitrogen and oxygen atoms in total. The average Bonchev–Trinajstić information content (AvgIpc) is 2.48. The molecule has 0 atom stereocenters. The summed E-state index contributed by atoms with van der Waals surface area (Å²) < 4.78 is 13.5. The molecule has 0 aliphatic carbocycles. The van der Waals surface area contributed by atoms with E-state index in [-0.39, 0.29) is 11.4 Å². The molecule has 0 saturated carbocycles. The SMILES string of the molecule is O=C(O)c1ccc2cccc(-c3cc(F)ccc3Cl)c2c1. The number of carbonyl (C=O) groups is 1. The first kappa shape index (κ1) is 13.6. The van der Waals surface area contributed by atoms with E-state index < -0.39 is 5.97 Å². The predicted molar refractivity (Wildman–Crippen MR) is 81.3 cm³/mol. The Morgan fingerprint density at radius 3 is 2.57 bits per heavy atom. The summed E-state index contributed by atoms with van der Waals surface area (Å²) in [6, 6.07) is 14.5. The molecule has 0 fully saturated rings. The zero-order valence-corrected chi connectivity index (χ0v) is 11.6. The Kier molecular flexibility index (Phi) is 3.35. The van der Waals surface area contributed by atoms with Crippen LogP contribution in [0.5, 0.6) is 0 Å². The molecule has 3 aromatic carbocycles. The van der Waals surface area contributed by atoms with Crippen LogP contribution in [0.2, 0.25) is 5.02 Å². The predicted octanol–water partition coefficient (Wildman–Crippen LogP) is 5.00. The van der Waals surface area contributed by atoms with Gasteiger partial charge in [-0.2, -0.15) is 0 Å². The molecular formula is C17H10ClFO2. The standard InChI is InChI=1S/C17H10ClFO2/c18-16-7-6-12(19)9-15(16)13-3-1-2-10-4-5-11(17(20)21)8-14(10)13/h1-9H,(H,20,21). The maximum Gasteiger partial charge on any atom is 0.335 e. The lowest BCUT2D eigenvalue weighted by Gasteiger charge is -2.09. The molecular weight excluding hydrogens is 291 g/mol. The van der Waals surface area contributed by atoms with E-state index in [1.165, 1.54) is 18.2 Å². The van der Waals surface area contributed by atoms with Crippen LogP contribution in [-0.2, 0) is 0 Å². The quantitative estimate of drug-likeness (QED) is 0.723. The smallest absolute Gasteiger partial charge is 0.335 e. The van der Waals surface area contributed by atoms with E-state index in [4.69, 9.17) is 16.7 Å². The van der Waals surface area contributed by atoms with E-state index in [2.05, 4.69) is 0 Å². The molecule has 4 heteroatoms. The van der Waals surface area contributed by atoms with Crippen molar-refractivity contribution in [2.24, 2.45) is 0 Å². The first-order valence-electron chi connectivity index (χ1n) is 6.28. The second-order valence-electron chi connectivity index (χ2n) is 4.67. The summed E-state index contributed by atoms with van der Waals surface area (Å²) in [5.41, 5.74) is 1.44. The Morgan fingerprint density at radius 1 is 1.00 bits per heavy atom. The fourth-order valence-corrected chi connectivity index (χ4v) is 2.56. The summed E-state index contributed by atoms with van der Waals surface area (Å²) in [6.45, 7) is 0. The Labute approximate surface area is 125 Å². The maximum absolute atomic E-state index is 13.5. The van der Waals surface area contributed by atoms with Crippen molar-refractivity contribution in [3.8, 4) is 11.1 Å². The van der Waals surface area contributed by atoms with E-state index in [0.717, 1.165) is 10.8 Å². The summed E-state index contributed by atoms with van der Waals surface area (Å²) in [6.07, 6.45) is 0. The second kappa shape index (κ2) is 5.19. The van der Waals surface area contributed by atoms with Crippen molar-refractivity contribution >= 4 is 28.3 Å². The minimum absolute atomic E-state index is 0.183. The summed E-state index contributed by atoms with van der Waals surface area (Å²) in [5, 5.41) is 11.1. The molecule has 1 N–H and O–H groups in total. The molecule has 0 spiro atoms. The Balaban J connectivity index is 2.34. The maximum atomic E-state index is 13.5. The monoisotopic (exact) mass is 300 g/mol. The summed E-state index contributed by atoms with van der Waals surface area (Å²) in [7, 11) is 0.